The number of nitrogens with one attached hydrogen (secondary N) is 1. The summed E-state index contributed by atoms with van der Waals surface area (Å²) >= 11 is 0. The predicted molar refractivity (Wildman–Crippen MR) is 64.4 cm³/mol. The normalized spacial score (nSPS) is 21.5. The molecule has 0 aliphatic heterocycles. The van der Waals surface area contributed by atoms with Gasteiger partial charge in [-0.05, 0) is 37.8 Å². The molecule has 2 atom stereocenters. The number of aryl methyl sites for hydroxylation is 1. The molecule has 0 saturated carbocycles. The molecule has 1 aromatic rings. The Morgan fingerprint density at radius 3 is 3.31 bits per heavy atom. The number of hydrogen-bond acceptors (Lipinski definition) is 3. The van der Waals surface area contributed by atoms with Gasteiger partial charge in [0.2, 0.25) is 0 Å². The highest BCUT2D eigenvalue weighted by molar-refractivity contribution is 5.25. The van der Waals surface area contributed by atoms with Gasteiger partial charge >= 0.3 is 0 Å². The van der Waals surface area contributed by atoms with E-state index in [1.807, 2.05) is 12.3 Å². The first-order valence-corrected chi connectivity index (χ1v) is 6.00. The van der Waals surface area contributed by atoms with E-state index < -0.39 is 0 Å². The number of rotatable bonds is 4. The number of ether oxygens (including phenoxy) is 1. The van der Waals surface area contributed by atoms with E-state index in [9.17, 15) is 0 Å². The van der Waals surface area contributed by atoms with Crippen LogP contribution < -0.4 is 5.32 Å². The molecule has 1 aliphatic rings. The molecule has 3 heteroatoms. The topological polar surface area (TPSA) is 34.1 Å². The second-order valence-corrected chi connectivity index (χ2v) is 4.52. The van der Waals surface area contributed by atoms with Crippen molar-refractivity contribution < 1.29 is 4.74 Å². The minimum atomic E-state index is 0.378. The van der Waals surface area contributed by atoms with Crippen molar-refractivity contribution in [2.24, 2.45) is 0 Å². The van der Waals surface area contributed by atoms with Crippen LogP contribution in [0.2, 0.25) is 0 Å². The van der Waals surface area contributed by atoms with Crippen LogP contribution in [0.4, 0.5) is 0 Å². The maximum Gasteiger partial charge on any atom is 0.0613 e. The van der Waals surface area contributed by atoms with Gasteiger partial charge in [-0.25, -0.2) is 0 Å². The minimum Gasteiger partial charge on any atom is -0.383 e. The summed E-state index contributed by atoms with van der Waals surface area (Å²) < 4.78 is 5.15. The van der Waals surface area contributed by atoms with E-state index in [4.69, 9.17) is 4.74 Å². The van der Waals surface area contributed by atoms with Crippen molar-refractivity contribution in [3.05, 3.63) is 29.6 Å². The van der Waals surface area contributed by atoms with Crippen LogP contribution >= 0.6 is 0 Å². The fraction of sp³-hybridized carbons (Fsp3) is 0.615. The van der Waals surface area contributed by atoms with Crippen LogP contribution in [-0.4, -0.2) is 24.7 Å². The van der Waals surface area contributed by atoms with E-state index in [0.717, 1.165) is 6.61 Å². The Kier molecular flexibility index (Phi) is 3.91. The standard InChI is InChI=1S/C13H20N2O/c1-10(9-16-2)15-12-7-3-5-11-6-4-8-14-13(11)12/h4,6,8,10,12,15H,3,5,7,9H2,1-2H3. The lowest BCUT2D eigenvalue weighted by atomic mass is 9.91. The molecule has 88 valence electrons. The van der Waals surface area contributed by atoms with E-state index in [-0.39, 0.29) is 0 Å². The van der Waals surface area contributed by atoms with Crippen LogP contribution in [0, 0.1) is 0 Å². The summed E-state index contributed by atoms with van der Waals surface area (Å²) in [5, 5.41) is 3.59. The average Bonchev–Trinajstić information content (AvgIpc) is 2.30. The second kappa shape index (κ2) is 5.41. The van der Waals surface area contributed by atoms with Gasteiger partial charge in [-0.3, -0.25) is 4.98 Å². The summed E-state index contributed by atoms with van der Waals surface area (Å²) in [4.78, 5) is 4.51. The highest BCUT2D eigenvalue weighted by Gasteiger charge is 2.22. The summed E-state index contributed by atoms with van der Waals surface area (Å²) in [6, 6.07) is 5.00. The Hall–Kier alpha value is -0.930. The minimum absolute atomic E-state index is 0.378. The monoisotopic (exact) mass is 220 g/mol. The lowest BCUT2D eigenvalue weighted by molar-refractivity contribution is 0.164. The van der Waals surface area contributed by atoms with Gasteiger partial charge in [-0.15, -0.1) is 0 Å². The van der Waals surface area contributed by atoms with E-state index in [0.29, 0.717) is 12.1 Å². The average molecular weight is 220 g/mol. The van der Waals surface area contributed by atoms with Crippen LogP contribution in [0.25, 0.3) is 0 Å². The van der Waals surface area contributed by atoms with Gasteiger partial charge in [-0.1, -0.05) is 6.07 Å². The fourth-order valence-corrected chi connectivity index (χ4v) is 2.41. The van der Waals surface area contributed by atoms with E-state index in [2.05, 4.69) is 23.3 Å². The summed E-state index contributed by atoms with van der Waals surface area (Å²) in [7, 11) is 1.74. The summed E-state index contributed by atoms with van der Waals surface area (Å²) in [5.41, 5.74) is 2.63. The van der Waals surface area contributed by atoms with Crippen molar-refractivity contribution in [2.45, 2.75) is 38.3 Å². The van der Waals surface area contributed by atoms with Gasteiger partial charge in [0.25, 0.3) is 0 Å². The number of hydrogen-bond donors (Lipinski definition) is 1. The molecule has 1 aromatic heterocycles. The van der Waals surface area contributed by atoms with Gasteiger partial charge < -0.3 is 10.1 Å². The molecule has 1 heterocycles. The van der Waals surface area contributed by atoms with Gasteiger partial charge in [0.05, 0.1) is 18.3 Å². The molecule has 1 aliphatic carbocycles. The molecule has 2 rings (SSSR count). The largest absolute Gasteiger partial charge is 0.383 e. The van der Waals surface area contributed by atoms with Gasteiger partial charge in [0.15, 0.2) is 0 Å². The first-order valence-electron chi connectivity index (χ1n) is 6.00. The molecule has 0 bridgehead atoms. The van der Waals surface area contributed by atoms with Crippen molar-refractivity contribution in [1.82, 2.24) is 10.3 Å². The van der Waals surface area contributed by atoms with E-state index in [1.165, 1.54) is 30.5 Å². The molecule has 0 radical (unpaired) electrons. The van der Waals surface area contributed by atoms with Crippen LogP contribution in [0.1, 0.15) is 37.1 Å². The molecule has 3 nitrogen and oxygen atoms in total. The van der Waals surface area contributed by atoms with Crippen LogP contribution in [0.3, 0.4) is 0 Å². The van der Waals surface area contributed by atoms with Crippen molar-refractivity contribution in [3.63, 3.8) is 0 Å². The van der Waals surface area contributed by atoms with Gasteiger partial charge in [0, 0.05) is 19.3 Å². The lowest BCUT2D eigenvalue weighted by Crippen LogP contribution is -2.36. The van der Waals surface area contributed by atoms with E-state index in [1.54, 1.807) is 7.11 Å². The number of aromatic nitrogens is 1. The highest BCUT2D eigenvalue weighted by atomic mass is 16.5. The first kappa shape index (κ1) is 11.6. The zero-order valence-electron chi connectivity index (χ0n) is 10.1. The molecule has 0 spiro atoms. The smallest absolute Gasteiger partial charge is 0.0613 e. The molecule has 1 N–H and O–H groups in total. The number of methoxy groups -OCH3 is 1. The van der Waals surface area contributed by atoms with Crippen molar-refractivity contribution in [1.29, 1.82) is 0 Å². The first-order chi connectivity index (χ1) is 7.81. The Balaban J connectivity index is 2.07. The number of nitrogens with zero attached hydrogens (tertiary/aromatic N) is 1. The van der Waals surface area contributed by atoms with Crippen molar-refractivity contribution in [2.75, 3.05) is 13.7 Å². The fourth-order valence-electron chi connectivity index (χ4n) is 2.41. The Labute approximate surface area is 97.2 Å². The summed E-state index contributed by atoms with van der Waals surface area (Å²) in [6.45, 7) is 2.90. The highest BCUT2D eigenvalue weighted by Crippen LogP contribution is 2.27. The number of fused-ring (bicyclic) bond motifs is 1. The van der Waals surface area contributed by atoms with Crippen molar-refractivity contribution in [3.8, 4) is 0 Å². The van der Waals surface area contributed by atoms with Crippen LogP contribution in [0.15, 0.2) is 18.3 Å². The third-order valence-electron chi connectivity index (χ3n) is 3.10. The molecule has 0 aromatic carbocycles. The quantitative estimate of drug-likeness (QED) is 0.843. The maximum atomic E-state index is 5.15. The van der Waals surface area contributed by atoms with Crippen LogP contribution in [0.5, 0.6) is 0 Å². The third-order valence-corrected chi connectivity index (χ3v) is 3.10. The molecule has 0 saturated heterocycles. The Morgan fingerprint density at radius 2 is 2.50 bits per heavy atom. The molecular weight excluding hydrogens is 200 g/mol. The summed E-state index contributed by atoms with van der Waals surface area (Å²) in [5.74, 6) is 0. The molecule has 0 amide bonds. The SMILES string of the molecule is COCC(C)NC1CCCc2cccnc21. The van der Waals surface area contributed by atoms with Crippen molar-refractivity contribution >= 4 is 0 Å². The Morgan fingerprint density at radius 1 is 1.62 bits per heavy atom. The lowest BCUT2D eigenvalue weighted by Gasteiger charge is -2.27. The molecule has 16 heavy (non-hydrogen) atoms. The van der Waals surface area contributed by atoms with E-state index >= 15 is 0 Å². The summed E-state index contributed by atoms with van der Waals surface area (Å²) in [6.07, 6.45) is 5.48. The van der Waals surface area contributed by atoms with Gasteiger partial charge in [0.1, 0.15) is 0 Å². The third kappa shape index (κ3) is 2.60. The van der Waals surface area contributed by atoms with Gasteiger partial charge in [-0.2, -0.15) is 0 Å². The Bertz CT molecular complexity index is 340. The second-order valence-electron chi connectivity index (χ2n) is 4.52. The zero-order chi connectivity index (χ0) is 11.4. The zero-order valence-corrected chi connectivity index (χ0v) is 10.1. The predicted octanol–water partition coefficient (Wildman–Crippen LogP) is 2.08. The number of pyridine rings is 1. The molecular formula is C13H20N2O. The molecule has 0 fully saturated rings. The molecule has 2 unspecified atom stereocenters. The van der Waals surface area contributed by atoms with Crippen LogP contribution in [-0.2, 0) is 11.2 Å². The maximum absolute atomic E-state index is 5.15.